The van der Waals surface area contributed by atoms with Gasteiger partial charge in [-0.05, 0) is 44.4 Å². The molecule has 2 unspecified atom stereocenters. The van der Waals surface area contributed by atoms with Crippen LogP contribution in [-0.2, 0) is 9.59 Å². The lowest BCUT2D eigenvalue weighted by Gasteiger charge is -2.29. The molecule has 6 heteroatoms. The molecule has 3 rings (SSSR count). The van der Waals surface area contributed by atoms with Crippen molar-refractivity contribution >= 4 is 24.2 Å². The summed E-state index contributed by atoms with van der Waals surface area (Å²) in [5, 5.41) is 9.44. The summed E-state index contributed by atoms with van der Waals surface area (Å²) in [6, 6.07) is 1.43. The minimum absolute atomic E-state index is 0. The van der Waals surface area contributed by atoms with Gasteiger partial charge < -0.3 is 16.0 Å². The first-order chi connectivity index (χ1) is 10.7. The summed E-state index contributed by atoms with van der Waals surface area (Å²) in [4.78, 5) is 23.9. The molecule has 1 saturated carbocycles. The Bertz CT molecular complexity index is 401. The lowest BCUT2D eigenvalue weighted by atomic mass is 9.87. The molecule has 3 N–H and O–H groups in total. The standard InChI is InChI=1S/C17H29N3O2.ClH/c21-16(8-12-4-2-1-3-5-12)18-11-17(22)20-15-9-13-6-7-14(10-15)19-13;/h12-15,19H,1-11H2,(H,18,21)(H,20,22);1H. The van der Waals surface area contributed by atoms with Crippen LogP contribution in [0.2, 0.25) is 0 Å². The van der Waals surface area contributed by atoms with E-state index in [-0.39, 0.29) is 36.8 Å². The van der Waals surface area contributed by atoms with Gasteiger partial charge in [-0.15, -0.1) is 12.4 Å². The van der Waals surface area contributed by atoms with E-state index in [0.717, 1.165) is 25.7 Å². The van der Waals surface area contributed by atoms with Crippen molar-refractivity contribution < 1.29 is 9.59 Å². The van der Waals surface area contributed by atoms with Crippen LogP contribution in [0, 0.1) is 5.92 Å². The Balaban J connectivity index is 0.00000192. The van der Waals surface area contributed by atoms with Crippen molar-refractivity contribution in [1.82, 2.24) is 16.0 Å². The lowest BCUT2D eigenvalue weighted by molar-refractivity contribution is -0.127. The molecule has 3 aliphatic rings. The van der Waals surface area contributed by atoms with E-state index in [9.17, 15) is 9.59 Å². The molecule has 23 heavy (non-hydrogen) atoms. The molecule has 0 spiro atoms. The van der Waals surface area contributed by atoms with Gasteiger partial charge >= 0.3 is 0 Å². The molecule has 0 radical (unpaired) electrons. The molecular formula is C17H30ClN3O2. The van der Waals surface area contributed by atoms with E-state index in [4.69, 9.17) is 0 Å². The maximum atomic E-state index is 12.0. The predicted octanol–water partition coefficient (Wildman–Crippen LogP) is 1.89. The fraction of sp³-hybridized carbons (Fsp3) is 0.882. The van der Waals surface area contributed by atoms with Crippen LogP contribution in [-0.4, -0.2) is 36.5 Å². The summed E-state index contributed by atoms with van der Waals surface area (Å²) in [7, 11) is 0. The van der Waals surface area contributed by atoms with E-state index in [1.165, 1.54) is 32.1 Å². The average molecular weight is 344 g/mol. The second-order valence-corrected chi connectivity index (χ2v) is 7.36. The Hall–Kier alpha value is -0.810. The van der Waals surface area contributed by atoms with Gasteiger partial charge in [0.15, 0.2) is 0 Å². The van der Waals surface area contributed by atoms with Crippen LogP contribution in [0.1, 0.15) is 64.2 Å². The third kappa shape index (κ3) is 5.64. The first-order valence-corrected chi connectivity index (χ1v) is 9.01. The maximum absolute atomic E-state index is 12.0. The molecule has 2 bridgehead atoms. The Morgan fingerprint density at radius 2 is 1.57 bits per heavy atom. The van der Waals surface area contributed by atoms with E-state index in [0.29, 0.717) is 24.4 Å². The molecule has 5 nitrogen and oxygen atoms in total. The van der Waals surface area contributed by atoms with E-state index >= 15 is 0 Å². The summed E-state index contributed by atoms with van der Waals surface area (Å²) in [6.07, 6.45) is 11.2. The SMILES string of the molecule is Cl.O=C(CC1CCCCC1)NCC(=O)NC1CC2CCC(C1)N2. The minimum Gasteiger partial charge on any atom is -0.352 e. The number of fused-ring (bicyclic) bond motifs is 2. The maximum Gasteiger partial charge on any atom is 0.239 e. The number of hydrogen-bond acceptors (Lipinski definition) is 3. The average Bonchev–Trinajstić information content (AvgIpc) is 2.85. The molecule has 132 valence electrons. The van der Waals surface area contributed by atoms with Crippen molar-refractivity contribution in [3.05, 3.63) is 0 Å². The molecule has 2 atom stereocenters. The molecule has 0 aromatic heterocycles. The van der Waals surface area contributed by atoms with Gasteiger partial charge in [0.05, 0.1) is 6.54 Å². The zero-order chi connectivity index (χ0) is 15.4. The monoisotopic (exact) mass is 343 g/mol. The van der Waals surface area contributed by atoms with Crippen LogP contribution in [0.3, 0.4) is 0 Å². The Morgan fingerprint density at radius 3 is 2.22 bits per heavy atom. The molecule has 3 fully saturated rings. The number of hydrogen-bond donors (Lipinski definition) is 3. The Kier molecular flexibility index (Phi) is 7.15. The summed E-state index contributed by atoms with van der Waals surface area (Å²) >= 11 is 0. The van der Waals surface area contributed by atoms with Gasteiger partial charge in [0, 0.05) is 24.5 Å². The van der Waals surface area contributed by atoms with Crippen LogP contribution >= 0.6 is 12.4 Å². The second kappa shape index (κ2) is 8.88. The Labute approximate surface area is 145 Å². The number of halogens is 1. The first-order valence-electron chi connectivity index (χ1n) is 9.01. The van der Waals surface area contributed by atoms with Crippen LogP contribution < -0.4 is 16.0 Å². The minimum atomic E-state index is -0.0386. The number of nitrogens with one attached hydrogen (secondary N) is 3. The van der Waals surface area contributed by atoms with Gasteiger partial charge in [-0.2, -0.15) is 0 Å². The summed E-state index contributed by atoms with van der Waals surface area (Å²) in [5.74, 6) is 0.521. The zero-order valence-corrected chi connectivity index (χ0v) is 14.6. The second-order valence-electron chi connectivity index (χ2n) is 7.36. The van der Waals surface area contributed by atoms with Gasteiger partial charge in [0.1, 0.15) is 0 Å². The van der Waals surface area contributed by atoms with Crippen molar-refractivity contribution in [3.63, 3.8) is 0 Å². The van der Waals surface area contributed by atoms with Gasteiger partial charge in [-0.1, -0.05) is 19.3 Å². The molecule has 2 amide bonds. The van der Waals surface area contributed by atoms with Crippen LogP contribution in [0.15, 0.2) is 0 Å². The van der Waals surface area contributed by atoms with E-state index in [2.05, 4.69) is 16.0 Å². The van der Waals surface area contributed by atoms with Crippen molar-refractivity contribution in [2.24, 2.45) is 5.92 Å². The van der Waals surface area contributed by atoms with Crippen LogP contribution in [0.5, 0.6) is 0 Å². The van der Waals surface area contributed by atoms with Crippen LogP contribution in [0.25, 0.3) is 0 Å². The number of piperidine rings is 1. The van der Waals surface area contributed by atoms with E-state index < -0.39 is 0 Å². The third-order valence-electron chi connectivity index (χ3n) is 5.48. The summed E-state index contributed by atoms with van der Waals surface area (Å²) in [6.45, 7) is 0.130. The molecule has 0 aromatic carbocycles. The number of amides is 2. The molecule has 2 heterocycles. The number of carbonyl (C=O) groups is 2. The third-order valence-corrected chi connectivity index (χ3v) is 5.48. The van der Waals surface area contributed by atoms with Gasteiger partial charge in [-0.25, -0.2) is 0 Å². The molecular weight excluding hydrogens is 314 g/mol. The van der Waals surface area contributed by atoms with Crippen molar-refractivity contribution in [2.75, 3.05) is 6.54 Å². The first kappa shape index (κ1) is 18.5. The highest BCUT2D eigenvalue weighted by Gasteiger charge is 2.33. The highest BCUT2D eigenvalue weighted by molar-refractivity contribution is 5.85. The zero-order valence-electron chi connectivity index (χ0n) is 13.8. The van der Waals surface area contributed by atoms with E-state index in [1.54, 1.807) is 0 Å². The molecule has 0 aromatic rings. The Morgan fingerprint density at radius 1 is 0.913 bits per heavy atom. The topological polar surface area (TPSA) is 70.2 Å². The summed E-state index contributed by atoms with van der Waals surface area (Å²) < 4.78 is 0. The number of carbonyl (C=O) groups excluding carboxylic acids is 2. The molecule has 2 aliphatic heterocycles. The molecule has 1 aliphatic carbocycles. The van der Waals surface area contributed by atoms with Crippen molar-refractivity contribution in [2.45, 2.75) is 82.3 Å². The predicted molar refractivity (Wildman–Crippen MR) is 92.6 cm³/mol. The quantitative estimate of drug-likeness (QED) is 0.714. The van der Waals surface area contributed by atoms with Crippen LogP contribution in [0.4, 0.5) is 0 Å². The van der Waals surface area contributed by atoms with Crippen molar-refractivity contribution in [3.8, 4) is 0 Å². The van der Waals surface area contributed by atoms with Crippen molar-refractivity contribution in [1.29, 1.82) is 0 Å². The normalized spacial score (nSPS) is 30.3. The largest absolute Gasteiger partial charge is 0.352 e. The number of rotatable bonds is 5. The fourth-order valence-electron chi connectivity index (χ4n) is 4.36. The smallest absolute Gasteiger partial charge is 0.239 e. The van der Waals surface area contributed by atoms with Gasteiger partial charge in [0.2, 0.25) is 11.8 Å². The fourth-order valence-corrected chi connectivity index (χ4v) is 4.36. The lowest BCUT2D eigenvalue weighted by Crippen LogP contribution is -2.50. The molecule has 2 saturated heterocycles. The van der Waals surface area contributed by atoms with E-state index in [1.807, 2.05) is 0 Å². The van der Waals surface area contributed by atoms with Gasteiger partial charge in [-0.3, -0.25) is 9.59 Å². The summed E-state index contributed by atoms with van der Waals surface area (Å²) in [5.41, 5.74) is 0. The highest BCUT2D eigenvalue weighted by atomic mass is 35.5. The highest BCUT2D eigenvalue weighted by Crippen LogP contribution is 2.27. The van der Waals surface area contributed by atoms with Gasteiger partial charge in [0.25, 0.3) is 0 Å².